The van der Waals surface area contributed by atoms with E-state index >= 15 is 0 Å². The predicted octanol–water partition coefficient (Wildman–Crippen LogP) is 4.35. The summed E-state index contributed by atoms with van der Waals surface area (Å²) >= 11 is 6.42. The minimum absolute atomic E-state index is 0.164. The fraction of sp³-hybridized carbons (Fsp3) is 0.158. The highest BCUT2D eigenvalue weighted by Crippen LogP contribution is 2.31. The van der Waals surface area contributed by atoms with Gasteiger partial charge in [-0.2, -0.15) is 0 Å². The van der Waals surface area contributed by atoms with E-state index in [2.05, 4.69) is 10.6 Å². The van der Waals surface area contributed by atoms with Crippen molar-refractivity contribution in [2.24, 2.45) is 7.05 Å². The maximum absolute atomic E-state index is 12.8. The zero-order valence-electron chi connectivity index (χ0n) is 14.2. The fourth-order valence-corrected chi connectivity index (χ4v) is 3.25. The lowest BCUT2D eigenvalue weighted by Gasteiger charge is -2.13. The third kappa shape index (κ3) is 3.10. The first-order chi connectivity index (χ1) is 11.9. The van der Waals surface area contributed by atoms with Gasteiger partial charge in [-0.3, -0.25) is 9.59 Å². The molecule has 0 bridgehead atoms. The van der Waals surface area contributed by atoms with Crippen molar-refractivity contribution in [3.63, 3.8) is 0 Å². The van der Waals surface area contributed by atoms with Gasteiger partial charge in [0, 0.05) is 36.2 Å². The topological polar surface area (TPSA) is 63.1 Å². The van der Waals surface area contributed by atoms with Gasteiger partial charge in [0.25, 0.3) is 5.91 Å². The number of hydrogen-bond acceptors (Lipinski definition) is 2. The zero-order chi connectivity index (χ0) is 18.1. The van der Waals surface area contributed by atoms with Crippen LogP contribution in [0.15, 0.2) is 42.5 Å². The number of nitrogens with zero attached hydrogens (tertiary/aromatic N) is 1. The van der Waals surface area contributed by atoms with E-state index in [1.807, 2.05) is 38.2 Å². The van der Waals surface area contributed by atoms with Gasteiger partial charge < -0.3 is 15.2 Å². The minimum Gasteiger partial charge on any atom is -0.338 e. The number of carbonyl (C=O) groups excluding carboxylic acids is 2. The van der Waals surface area contributed by atoms with Crippen LogP contribution >= 0.6 is 11.6 Å². The summed E-state index contributed by atoms with van der Waals surface area (Å²) in [5.41, 5.74) is 3.35. The molecule has 0 atom stereocenters. The second-order valence-electron chi connectivity index (χ2n) is 5.85. The van der Waals surface area contributed by atoms with Crippen LogP contribution < -0.4 is 10.6 Å². The number of fused-ring (bicyclic) bond motifs is 1. The molecule has 0 spiro atoms. The number of carbonyl (C=O) groups is 2. The number of aryl methyl sites for hydroxylation is 1. The lowest BCUT2D eigenvalue weighted by Crippen LogP contribution is -2.17. The summed E-state index contributed by atoms with van der Waals surface area (Å²) in [6, 6.07) is 12.9. The van der Waals surface area contributed by atoms with E-state index in [-0.39, 0.29) is 11.8 Å². The quantitative estimate of drug-likeness (QED) is 0.733. The van der Waals surface area contributed by atoms with Gasteiger partial charge in [-0.05, 0) is 30.7 Å². The Morgan fingerprint density at radius 2 is 1.64 bits per heavy atom. The van der Waals surface area contributed by atoms with Crippen molar-refractivity contribution in [2.75, 3.05) is 10.6 Å². The van der Waals surface area contributed by atoms with E-state index in [0.29, 0.717) is 22.1 Å². The molecule has 1 heterocycles. The first-order valence-corrected chi connectivity index (χ1v) is 8.19. The number of rotatable bonds is 3. The summed E-state index contributed by atoms with van der Waals surface area (Å²) in [7, 11) is 1.81. The molecule has 25 heavy (non-hydrogen) atoms. The Morgan fingerprint density at radius 1 is 1.00 bits per heavy atom. The average Bonchev–Trinajstić information content (AvgIpc) is 2.82. The van der Waals surface area contributed by atoms with Crippen molar-refractivity contribution in [2.45, 2.75) is 13.8 Å². The third-order valence-corrected chi connectivity index (χ3v) is 4.54. The van der Waals surface area contributed by atoms with Crippen molar-refractivity contribution < 1.29 is 9.59 Å². The molecule has 0 fully saturated rings. The summed E-state index contributed by atoms with van der Waals surface area (Å²) in [6.07, 6.45) is 0. The summed E-state index contributed by atoms with van der Waals surface area (Å²) in [5, 5.41) is 6.89. The molecule has 1 aromatic heterocycles. The van der Waals surface area contributed by atoms with Crippen molar-refractivity contribution in [1.29, 1.82) is 0 Å². The van der Waals surface area contributed by atoms with Crippen LogP contribution in [-0.2, 0) is 11.8 Å². The van der Waals surface area contributed by atoms with Crippen molar-refractivity contribution >= 4 is 45.7 Å². The predicted molar refractivity (Wildman–Crippen MR) is 101 cm³/mol. The summed E-state index contributed by atoms with van der Waals surface area (Å²) < 4.78 is 1.78. The highest BCUT2D eigenvalue weighted by molar-refractivity contribution is 6.39. The molecule has 2 aromatic carbocycles. The van der Waals surface area contributed by atoms with E-state index < -0.39 is 0 Å². The number of benzene rings is 2. The number of para-hydroxylation sites is 1. The van der Waals surface area contributed by atoms with Gasteiger partial charge in [-0.25, -0.2) is 0 Å². The molecule has 0 aliphatic rings. The van der Waals surface area contributed by atoms with Crippen LogP contribution in [0.25, 0.3) is 10.9 Å². The van der Waals surface area contributed by atoms with Gasteiger partial charge in [0.15, 0.2) is 0 Å². The average molecular weight is 356 g/mol. The van der Waals surface area contributed by atoms with E-state index in [4.69, 9.17) is 11.6 Å². The maximum atomic E-state index is 12.8. The second-order valence-corrected chi connectivity index (χ2v) is 6.23. The monoisotopic (exact) mass is 355 g/mol. The lowest BCUT2D eigenvalue weighted by molar-refractivity contribution is -0.114. The smallest absolute Gasteiger partial charge is 0.273 e. The third-order valence-electron chi connectivity index (χ3n) is 4.15. The van der Waals surface area contributed by atoms with Gasteiger partial charge in [-0.15, -0.1) is 0 Å². The molecule has 5 nitrogen and oxygen atoms in total. The largest absolute Gasteiger partial charge is 0.338 e. The Kier molecular flexibility index (Phi) is 4.51. The van der Waals surface area contributed by atoms with Crippen LogP contribution in [0.1, 0.15) is 23.0 Å². The molecule has 0 saturated heterocycles. The van der Waals surface area contributed by atoms with E-state index in [1.165, 1.54) is 6.92 Å². The number of halogens is 1. The Balaban J connectivity index is 1.98. The molecular formula is C19H18ClN3O2. The maximum Gasteiger partial charge on any atom is 0.273 e. The van der Waals surface area contributed by atoms with Crippen molar-refractivity contribution in [3.8, 4) is 0 Å². The fourth-order valence-electron chi connectivity index (χ4n) is 2.88. The zero-order valence-corrected chi connectivity index (χ0v) is 14.9. The van der Waals surface area contributed by atoms with Crippen molar-refractivity contribution in [3.05, 3.63) is 58.7 Å². The van der Waals surface area contributed by atoms with Crippen LogP contribution in [0.4, 0.5) is 11.4 Å². The number of hydrogen-bond donors (Lipinski definition) is 2. The highest BCUT2D eigenvalue weighted by atomic mass is 35.5. The van der Waals surface area contributed by atoms with Crippen LogP contribution in [-0.4, -0.2) is 16.4 Å². The van der Waals surface area contributed by atoms with Gasteiger partial charge in [0.05, 0.1) is 5.02 Å². The van der Waals surface area contributed by atoms with Gasteiger partial charge in [0.2, 0.25) is 5.91 Å². The summed E-state index contributed by atoms with van der Waals surface area (Å²) in [6.45, 7) is 3.28. The molecule has 0 unspecified atom stereocenters. The van der Waals surface area contributed by atoms with Gasteiger partial charge in [-0.1, -0.05) is 35.9 Å². The first kappa shape index (κ1) is 17.0. The second kappa shape index (κ2) is 6.61. The van der Waals surface area contributed by atoms with E-state index in [0.717, 1.165) is 16.5 Å². The number of amides is 2. The molecule has 2 N–H and O–H groups in total. The van der Waals surface area contributed by atoms with Gasteiger partial charge in [0.1, 0.15) is 5.69 Å². The first-order valence-electron chi connectivity index (χ1n) is 7.81. The Hall–Kier alpha value is -2.79. The molecule has 3 rings (SSSR count). The van der Waals surface area contributed by atoms with Crippen LogP contribution in [0.3, 0.4) is 0 Å². The molecule has 0 saturated carbocycles. The number of anilines is 2. The molecule has 3 aromatic rings. The normalized spacial score (nSPS) is 10.7. The summed E-state index contributed by atoms with van der Waals surface area (Å²) in [4.78, 5) is 24.1. The molecule has 0 aliphatic carbocycles. The van der Waals surface area contributed by atoms with Crippen LogP contribution in [0, 0.1) is 6.92 Å². The van der Waals surface area contributed by atoms with Gasteiger partial charge >= 0.3 is 0 Å². The van der Waals surface area contributed by atoms with E-state index in [9.17, 15) is 9.59 Å². The minimum atomic E-state index is -0.299. The molecule has 0 aliphatic heterocycles. The molecule has 0 radical (unpaired) electrons. The molecule has 128 valence electrons. The number of aromatic nitrogens is 1. The Labute approximate surface area is 150 Å². The van der Waals surface area contributed by atoms with Crippen molar-refractivity contribution in [1.82, 2.24) is 4.57 Å². The number of nitrogens with one attached hydrogen (secondary N) is 2. The SMILES string of the molecule is CC(=O)Nc1cccc(NC(=O)c2c(Cl)c3ccccc3n2C)c1C. The van der Waals surface area contributed by atoms with Crippen LogP contribution in [0.2, 0.25) is 5.02 Å². The summed E-state index contributed by atoms with van der Waals surface area (Å²) in [5.74, 6) is -0.463. The van der Waals surface area contributed by atoms with E-state index in [1.54, 1.807) is 22.8 Å². The molecule has 2 amide bonds. The molecule has 6 heteroatoms. The Morgan fingerprint density at radius 3 is 2.28 bits per heavy atom. The van der Waals surface area contributed by atoms with Crippen LogP contribution in [0.5, 0.6) is 0 Å². The standard InChI is InChI=1S/C19H18ClN3O2/c1-11-14(21-12(2)24)8-6-9-15(11)22-19(25)18-17(20)13-7-4-5-10-16(13)23(18)3/h4-10H,1-3H3,(H,21,24)(H,22,25). The highest BCUT2D eigenvalue weighted by Gasteiger charge is 2.20. The lowest BCUT2D eigenvalue weighted by atomic mass is 10.1. The molecular weight excluding hydrogens is 338 g/mol. The Bertz CT molecular complexity index is 953.